The lowest BCUT2D eigenvalue weighted by Crippen LogP contribution is -2.43. The van der Waals surface area contributed by atoms with Gasteiger partial charge in [-0.2, -0.15) is 8.96 Å². The highest BCUT2D eigenvalue weighted by molar-refractivity contribution is 7.90. The number of halogens is 1. The first-order chi connectivity index (χ1) is 14.6. The summed E-state index contributed by atoms with van der Waals surface area (Å²) in [6.45, 7) is 3.91. The molecule has 2 aromatic carbocycles. The summed E-state index contributed by atoms with van der Waals surface area (Å²) in [6.07, 6.45) is -0.673. The molecule has 0 atom stereocenters. The molecule has 0 bridgehead atoms. The topological polar surface area (TPSA) is 99.7 Å². The second-order valence-corrected chi connectivity index (χ2v) is 8.77. The fourth-order valence-electron chi connectivity index (χ4n) is 2.75. The van der Waals surface area contributed by atoms with Crippen LogP contribution < -0.4 is 15.9 Å². The van der Waals surface area contributed by atoms with Crippen molar-refractivity contribution in [2.45, 2.75) is 24.7 Å². The molecule has 0 aliphatic carbocycles. The Morgan fingerprint density at radius 3 is 2.26 bits per heavy atom. The van der Waals surface area contributed by atoms with Crippen LogP contribution in [0, 0.1) is 5.82 Å². The molecule has 1 amide bonds. The van der Waals surface area contributed by atoms with Crippen LogP contribution in [0.1, 0.15) is 25.3 Å². The predicted molar refractivity (Wildman–Crippen MR) is 111 cm³/mol. The first-order valence-corrected chi connectivity index (χ1v) is 10.7. The summed E-state index contributed by atoms with van der Waals surface area (Å²) < 4.78 is 46.3. The average molecular weight is 445 g/mol. The number of benzene rings is 2. The molecule has 3 aromatic rings. The lowest BCUT2D eigenvalue weighted by molar-refractivity contribution is 0.209. The zero-order chi connectivity index (χ0) is 22.8. The first kappa shape index (κ1) is 22.2. The molecule has 0 spiro atoms. The molecule has 1 heterocycles. The number of carbonyl (C=O) groups is 1. The van der Waals surface area contributed by atoms with Crippen LogP contribution in [-0.2, 0) is 17.1 Å². The summed E-state index contributed by atoms with van der Waals surface area (Å²) in [7, 11) is -3.26. The number of ether oxygens (including phenoxy) is 1. The predicted octanol–water partition coefficient (Wildman–Crippen LogP) is 2.79. The van der Waals surface area contributed by atoms with Crippen molar-refractivity contribution in [2.24, 2.45) is 12.0 Å². The van der Waals surface area contributed by atoms with Gasteiger partial charge in [0.2, 0.25) is 0 Å². The maximum absolute atomic E-state index is 14.7. The van der Waals surface area contributed by atoms with Gasteiger partial charge in [0.15, 0.2) is 11.3 Å². The van der Waals surface area contributed by atoms with Crippen LogP contribution in [-0.4, -0.2) is 23.1 Å². The highest BCUT2D eigenvalue weighted by Gasteiger charge is 2.22. The van der Waals surface area contributed by atoms with Crippen LogP contribution in [0.4, 0.5) is 9.18 Å². The van der Waals surface area contributed by atoms with Crippen molar-refractivity contribution < 1.29 is 22.3 Å². The fraction of sp³-hybridized carbons (Fsp3) is 0.190. The van der Waals surface area contributed by atoms with Crippen LogP contribution in [0.2, 0.25) is 0 Å². The molecule has 0 saturated carbocycles. The number of para-hydroxylation sites is 1. The normalized spacial score (nSPS) is 12.2. The van der Waals surface area contributed by atoms with E-state index in [1.807, 2.05) is 13.8 Å². The van der Waals surface area contributed by atoms with E-state index in [1.165, 1.54) is 24.3 Å². The standard InChI is InChI=1S/C21H20FN3O5S/c1-14(2)15-9-11-17(12-10-15)31(28,29)25-13-18(22)19(24(3)21(25)27)23-20(26)30-16-7-5-4-6-8-16/h4-14H,1-3H3/b23-19+. The number of aromatic nitrogens is 2. The van der Waals surface area contributed by atoms with Crippen molar-refractivity contribution in [1.82, 2.24) is 8.54 Å². The van der Waals surface area contributed by atoms with Crippen LogP contribution >= 0.6 is 0 Å². The molecular formula is C21H20FN3O5S. The van der Waals surface area contributed by atoms with E-state index in [1.54, 1.807) is 30.3 Å². The zero-order valence-electron chi connectivity index (χ0n) is 17.0. The summed E-state index contributed by atoms with van der Waals surface area (Å²) in [5.74, 6) is -0.819. The van der Waals surface area contributed by atoms with E-state index in [0.717, 1.165) is 12.6 Å². The van der Waals surface area contributed by atoms with E-state index in [2.05, 4.69) is 4.99 Å². The molecule has 1 aromatic heterocycles. The quantitative estimate of drug-likeness (QED) is 0.615. The molecule has 0 N–H and O–H groups in total. The number of nitrogens with zero attached hydrogens (tertiary/aromatic N) is 3. The first-order valence-electron chi connectivity index (χ1n) is 9.26. The van der Waals surface area contributed by atoms with Gasteiger partial charge >= 0.3 is 11.8 Å². The second kappa shape index (κ2) is 8.68. The molecule has 0 fully saturated rings. The number of rotatable bonds is 4. The van der Waals surface area contributed by atoms with Crippen LogP contribution in [0.25, 0.3) is 0 Å². The molecule has 0 saturated heterocycles. The van der Waals surface area contributed by atoms with Crippen LogP contribution in [0.15, 0.2) is 75.5 Å². The summed E-state index contributed by atoms with van der Waals surface area (Å²) >= 11 is 0. The average Bonchev–Trinajstić information content (AvgIpc) is 2.74. The molecule has 10 heteroatoms. The van der Waals surface area contributed by atoms with Gasteiger partial charge in [-0.1, -0.05) is 44.2 Å². The second-order valence-electron chi connectivity index (χ2n) is 6.96. The molecule has 3 rings (SSSR count). The number of hydrogen-bond acceptors (Lipinski definition) is 5. The molecular weight excluding hydrogens is 425 g/mol. The third-order valence-corrected chi connectivity index (χ3v) is 6.13. The summed E-state index contributed by atoms with van der Waals surface area (Å²) in [5, 5.41) is 0. The third-order valence-electron chi connectivity index (χ3n) is 4.49. The van der Waals surface area contributed by atoms with Crippen molar-refractivity contribution in [3.8, 4) is 5.75 Å². The van der Waals surface area contributed by atoms with Gasteiger partial charge in [0.25, 0.3) is 10.0 Å². The summed E-state index contributed by atoms with van der Waals surface area (Å²) in [5.41, 5.74) is -0.845. The largest absolute Gasteiger partial charge is 0.441 e. The zero-order valence-corrected chi connectivity index (χ0v) is 17.8. The highest BCUT2D eigenvalue weighted by atomic mass is 32.2. The molecule has 8 nitrogen and oxygen atoms in total. The Bertz CT molecular complexity index is 1340. The molecule has 162 valence electrons. The van der Waals surface area contributed by atoms with Crippen LogP contribution in [0.3, 0.4) is 0 Å². The molecule has 0 radical (unpaired) electrons. The number of carbonyl (C=O) groups excluding carboxylic acids is 1. The third kappa shape index (κ3) is 4.64. The maximum atomic E-state index is 14.7. The van der Waals surface area contributed by atoms with E-state index in [4.69, 9.17) is 4.74 Å². The molecule has 31 heavy (non-hydrogen) atoms. The van der Waals surface area contributed by atoms with Gasteiger partial charge in [-0.15, -0.1) is 0 Å². The van der Waals surface area contributed by atoms with Gasteiger partial charge in [0, 0.05) is 7.05 Å². The van der Waals surface area contributed by atoms with Crippen molar-refractivity contribution in [3.05, 3.63) is 88.1 Å². The Balaban J connectivity index is 2.03. The summed E-state index contributed by atoms with van der Waals surface area (Å²) in [6, 6.07) is 13.9. The van der Waals surface area contributed by atoms with E-state index < -0.39 is 33.1 Å². The van der Waals surface area contributed by atoms with Crippen molar-refractivity contribution >= 4 is 16.1 Å². The Hall–Kier alpha value is -3.53. The molecule has 0 unspecified atom stereocenters. The minimum absolute atomic E-state index is 0.174. The maximum Gasteiger partial charge on any atom is 0.441 e. The smallest absolute Gasteiger partial charge is 0.409 e. The molecule has 0 aliphatic rings. The Kier molecular flexibility index (Phi) is 6.21. The minimum atomic E-state index is -4.37. The lowest BCUT2D eigenvalue weighted by Gasteiger charge is -2.11. The molecule has 0 aliphatic heterocycles. The van der Waals surface area contributed by atoms with Gasteiger partial charge < -0.3 is 4.74 Å². The lowest BCUT2D eigenvalue weighted by atomic mass is 10.0. The van der Waals surface area contributed by atoms with Gasteiger partial charge in [0.05, 0.1) is 11.1 Å². The van der Waals surface area contributed by atoms with E-state index in [9.17, 15) is 22.4 Å². The number of amides is 1. The van der Waals surface area contributed by atoms with E-state index in [-0.39, 0.29) is 20.5 Å². The van der Waals surface area contributed by atoms with Crippen molar-refractivity contribution in [1.29, 1.82) is 0 Å². The SMILES string of the molecule is CC(C)c1ccc(S(=O)(=O)n2cc(F)/c(=N\C(=O)Oc3ccccc3)n(C)c2=O)cc1. The van der Waals surface area contributed by atoms with E-state index in [0.29, 0.717) is 10.8 Å². The van der Waals surface area contributed by atoms with Gasteiger partial charge in [-0.25, -0.2) is 22.4 Å². The Morgan fingerprint density at radius 2 is 1.68 bits per heavy atom. The van der Waals surface area contributed by atoms with Gasteiger partial charge in [0.1, 0.15) is 5.75 Å². The van der Waals surface area contributed by atoms with Crippen LogP contribution in [0.5, 0.6) is 5.75 Å². The van der Waals surface area contributed by atoms with Gasteiger partial charge in [-0.3, -0.25) is 4.57 Å². The van der Waals surface area contributed by atoms with E-state index >= 15 is 0 Å². The highest BCUT2D eigenvalue weighted by Crippen LogP contribution is 2.18. The van der Waals surface area contributed by atoms with Gasteiger partial charge in [-0.05, 0) is 35.7 Å². The number of hydrogen-bond donors (Lipinski definition) is 0. The monoisotopic (exact) mass is 445 g/mol. The Labute approximate surface area is 177 Å². The van der Waals surface area contributed by atoms with Crippen molar-refractivity contribution in [2.75, 3.05) is 0 Å². The summed E-state index contributed by atoms with van der Waals surface area (Å²) in [4.78, 5) is 27.9. The fourth-order valence-corrected chi connectivity index (χ4v) is 4.02. The Morgan fingerprint density at radius 1 is 1.06 bits per heavy atom. The minimum Gasteiger partial charge on any atom is -0.409 e. The van der Waals surface area contributed by atoms with Crippen molar-refractivity contribution in [3.63, 3.8) is 0 Å².